The van der Waals surface area contributed by atoms with E-state index >= 15 is 0 Å². The minimum Gasteiger partial charge on any atom is -0.373 e. The smallest absolute Gasteiger partial charge is 0.373 e. The van der Waals surface area contributed by atoms with Gasteiger partial charge in [0.25, 0.3) is 0 Å². The Labute approximate surface area is 206 Å². The van der Waals surface area contributed by atoms with Crippen molar-refractivity contribution in [2.24, 2.45) is 0 Å². The SMILES string of the molecule is C/C=S(\c1ccc(F)cc1)N(CC(=O)NC[C@@H]1CN(c2ccc(C(F)(F)F)cc2)CCO1)C(C)C. The molecule has 0 bridgehead atoms. The van der Waals surface area contributed by atoms with Gasteiger partial charge in [0, 0.05) is 36.3 Å². The normalized spacial score (nSPS) is 17.7. The van der Waals surface area contributed by atoms with Gasteiger partial charge in [-0.05, 0) is 74.7 Å². The molecule has 1 aliphatic heterocycles. The summed E-state index contributed by atoms with van der Waals surface area (Å²) in [6.07, 6.45) is -4.65. The van der Waals surface area contributed by atoms with E-state index in [4.69, 9.17) is 4.74 Å². The molecule has 1 unspecified atom stereocenters. The molecular formula is C25H31F4N3O2S. The number of alkyl halides is 3. The Morgan fingerprint density at radius 2 is 1.86 bits per heavy atom. The Morgan fingerprint density at radius 3 is 2.43 bits per heavy atom. The second kappa shape index (κ2) is 12.0. The molecular weight excluding hydrogens is 482 g/mol. The Balaban J connectivity index is 1.57. The van der Waals surface area contributed by atoms with Crippen molar-refractivity contribution in [3.05, 3.63) is 59.9 Å². The molecule has 1 aliphatic rings. The van der Waals surface area contributed by atoms with Gasteiger partial charge in [-0.3, -0.25) is 4.79 Å². The van der Waals surface area contributed by atoms with E-state index in [9.17, 15) is 22.4 Å². The Kier molecular flexibility index (Phi) is 9.32. The van der Waals surface area contributed by atoms with Gasteiger partial charge in [0.1, 0.15) is 5.82 Å². The molecule has 1 amide bonds. The van der Waals surface area contributed by atoms with Crippen molar-refractivity contribution in [3.63, 3.8) is 0 Å². The summed E-state index contributed by atoms with van der Waals surface area (Å²) in [6, 6.07) is 11.4. The first kappa shape index (κ1) is 27.2. The van der Waals surface area contributed by atoms with Crippen LogP contribution in [0.5, 0.6) is 0 Å². The van der Waals surface area contributed by atoms with Crippen LogP contribution in [-0.4, -0.2) is 60.5 Å². The molecule has 0 aromatic heterocycles. The van der Waals surface area contributed by atoms with Gasteiger partial charge in [0.2, 0.25) is 5.91 Å². The summed E-state index contributed by atoms with van der Waals surface area (Å²) in [5.74, 6) is -0.463. The van der Waals surface area contributed by atoms with Gasteiger partial charge < -0.3 is 15.0 Å². The summed E-state index contributed by atoms with van der Waals surface area (Å²) >= 11 is 0. The summed E-state index contributed by atoms with van der Waals surface area (Å²) in [5.41, 5.74) is 0.00226. The van der Waals surface area contributed by atoms with Crippen molar-refractivity contribution in [1.82, 2.24) is 9.62 Å². The van der Waals surface area contributed by atoms with E-state index in [2.05, 4.69) is 9.62 Å². The van der Waals surface area contributed by atoms with Crippen molar-refractivity contribution in [2.45, 2.75) is 44.0 Å². The van der Waals surface area contributed by atoms with Gasteiger partial charge >= 0.3 is 6.18 Å². The zero-order valence-electron chi connectivity index (χ0n) is 20.0. The van der Waals surface area contributed by atoms with Crippen LogP contribution in [0.1, 0.15) is 26.3 Å². The molecule has 1 heterocycles. The number of nitrogens with zero attached hydrogens (tertiary/aromatic N) is 2. The zero-order valence-corrected chi connectivity index (χ0v) is 20.8. The predicted molar refractivity (Wildman–Crippen MR) is 132 cm³/mol. The highest BCUT2D eigenvalue weighted by atomic mass is 32.2. The lowest BCUT2D eigenvalue weighted by molar-refractivity contribution is -0.137. The van der Waals surface area contributed by atoms with Crippen LogP contribution in [0, 0.1) is 5.82 Å². The van der Waals surface area contributed by atoms with E-state index < -0.39 is 22.4 Å². The molecule has 10 heteroatoms. The highest BCUT2D eigenvalue weighted by molar-refractivity contribution is 8.13. The lowest BCUT2D eigenvalue weighted by Crippen LogP contribution is -2.49. The number of anilines is 1. The lowest BCUT2D eigenvalue weighted by Gasteiger charge is -2.35. The summed E-state index contributed by atoms with van der Waals surface area (Å²) in [6.45, 7) is 7.83. The number of benzene rings is 2. The minimum atomic E-state index is -4.37. The van der Waals surface area contributed by atoms with Crippen LogP contribution in [0.2, 0.25) is 0 Å². The van der Waals surface area contributed by atoms with Gasteiger partial charge in [-0.15, -0.1) is 0 Å². The fraction of sp³-hybridized carbons (Fsp3) is 0.440. The molecule has 35 heavy (non-hydrogen) atoms. The second-order valence-electron chi connectivity index (χ2n) is 8.46. The Hall–Kier alpha value is -2.43. The predicted octanol–water partition coefficient (Wildman–Crippen LogP) is 4.94. The number of halogens is 4. The van der Waals surface area contributed by atoms with E-state index in [1.165, 1.54) is 24.3 Å². The van der Waals surface area contributed by atoms with Gasteiger partial charge in [-0.25, -0.2) is 8.70 Å². The maximum absolute atomic E-state index is 13.4. The van der Waals surface area contributed by atoms with Crippen molar-refractivity contribution in [2.75, 3.05) is 37.7 Å². The Bertz CT molecular complexity index is 1010. The van der Waals surface area contributed by atoms with Crippen LogP contribution < -0.4 is 10.2 Å². The zero-order chi connectivity index (χ0) is 25.6. The van der Waals surface area contributed by atoms with Crippen LogP contribution in [0.3, 0.4) is 0 Å². The molecule has 1 fully saturated rings. The third kappa shape index (κ3) is 7.52. The van der Waals surface area contributed by atoms with Crippen LogP contribution in [0.4, 0.5) is 23.2 Å². The van der Waals surface area contributed by atoms with Crippen LogP contribution in [0.25, 0.3) is 0 Å². The highest BCUT2D eigenvalue weighted by Gasteiger charge is 2.30. The fourth-order valence-electron chi connectivity index (χ4n) is 3.82. The highest BCUT2D eigenvalue weighted by Crippen LogP contribution is 2.32. The average molecular weight is 514 g/mol. The van der Waals surface area contributed by atoms with Gasteiger partial charge in [-0.2, -0.15) is 13.2 Å². The number of hydrogen-bond acceptors (Lipinski definition) is 4. The molecule has 2 aromatic rings. The van der Waals surface area contributed by atoms with Crippen LogP contribution in [-0.2, 0) is 15.7 Å². The molecule has 0 saturated carbocycles. The van der Waals surface area contributed by atoms with Crippen molar-refractivity contribution in [1.29, 1.82) is 0 Å². The van der Waals surface area contributed by atoms with Crippen LogP contribution >= 0.6 is 10.7 Å². The van der Waals surface area contributed by atoms with E-state index in [0.29, 0.717) is 31.9 Å². The summed E-state index contributed by atoms with van der Waals surface area (Å²) in [7, 11) is -0.478. The quantitative estimate of drug-likeness (QED) is 0.401. The van der Waals surface area contributed by atoms with Crippen LogP contribution in [0.15, 0.2) is 53.4 Å². The van der Waals surface area contributed by atoms with Gasteiger partial charge in [0.15, 0.2) is 0 Å². The molecule has 1 saturated heterocycles. The number of amides is 1. The molecule has 0 spiro atoms. The number of ether oxygens (including phenoxy) is 1. The number of nitrogens with one attached hydrogen (secondary N) is 1. The third-order valence-corrected chi connectivity index (χ3v) is 7.89. The number of carbonyl (C=O) groups excluding carboxylic acids is 1. The molecule has 0 radical (unpaired) electrons. The standard InChI is InChI=1S/C25H31F4N3O2S/c1-4-35(23-11-7-20(26)8-12-23)32(18(2)3)17-24(33)30-15-22-16-31(13-14-34-22)21-9-5-19(6-10-21)25(27,28)29/h4-12,18,22H,13-17H2,1-3H3,(H,30,33)/t22-,35?/m1/s1. The van der Waals surface area contributed by atoms with E-state index in [1.54, 1.807) is 12.1 Å². The molecule has 2 aromatic carbocycles. The third-order valence-electron chi connectivity index (χ3n) is 5.63. The number of carbonyl (C=O) groups is 1. The molecule has 0 aliphatic carbocycles. The Morgan fingerprint density at radius 1 is 1.20 bits per heavy atom. The van der Waals surface area contributed by atoms with E-state index in [1.807, 2.05) is 31.0 Å². The van der Waals surface area contributed by atoms with E-state index in [0.717, 1.165) is 17.0 Å². The second-order valence-corrected chi connectivity index (χ2v) is 10.5. The summed E-state index contributed by atoms with van der Waals surface area (Å²) < 4.78 is 59.7. The average Bonchev–Trinajstić information content (AvgIpc) is 2.83. The molecule has 5 nitrogen and oxygen atoms in total. The molecule has 2 atom stereocenters. The minimum absolute atomic E-state index is 0.0754. The topological polar surface area (TPSA) is 44.8 Å². The first-order chi connectivity index (χ1) is 16.6. The molecule has 192 valence electrons. The van der Waals surface area contributed by atoms with Crippen molar-refractivity contribution < 1.29 is 27.1 Å². The van der Waals surface area contributed by atoms with Gasteiger partial charge in [-0.1, -0.05) is 10.7 Å². The monoisotopic (exact) mass is 513 g/mol. The number of hydrogen-bond donors (Lipinski definition) is 1. The first-order valence-corrected chi connectivity index (χ1v) is 12.7. The molecule has 3 rings (SSSR count). The maximum Gasteiger partial charge on any atom is 0.416 e. The van der Waals surface area contributed by atoms with Crippen molar-refractivity contribution >= 4 is 27.6 Å². The summed E-state index contributed by atoms with van der Waals surface area (Å²) in [4.78, 5) is 15.7. The van der Waals surface area contributed by atoms with Crippen molar-refractivity contribution in [3.8, 4) is 0 Å². The fourth-order valence-corrected chi connectivity index (χ4v) is 5.76. The first-order valence-electron chi connectivity index (χ1n) is 11.4. The summed E-state index contributed by atoms with van der Waals surface area (Å²) in [5, 5.41) is 4.93. The largest absolute Gasteiger partial charge is 0.416 e. The van der Waals surface area contributed by atoms with E-state index in [-0.39, 0.29) is 30.4 Å². The number of morpholine rings is 1. The molecule has 1 N–H and O–H groups in total. The van der Waals surface area contributed by atoms with Gasteiger partial charge in [0.05, 0.1) is 24.8 Å². The number of rotatable bonds is 8. The maximum atomic E-state index is 13.4. The lowest BCUT2D eigenvalue weighted by atomic mass is 10.1.